The number of para-hydroxylation sites is 1. The fraction of sp³-hybridized carbons (Fsp3) is 0.0909. The molecule has 0 aliphatic carbocycles. The highest BCUT2D eigenvalue weighted by atomic mass is 127. The molecule has 0 unspecified atom stereocenters. The summed E-state index contributed by atoms with van der Waals surface area (Å²) in [5, 5.41) is 3.52. The van der Waals surface area contributed by atoms with Crippen molar-refractivity contribution in [3.8, 4) is 5.69 Å². The molecule has 0 saturated carbocycles. The van der Waals surface area contributed by atoms with Crippen molar-refractivity contribution in [1.82, 2.24) is 5.10 Å². The molecule has 0 spiro atoms. The van der Waals surface area contributed by atoms with Gasteiger partial charge in [-0.25, -0.2) is 0 Å². The molecule has 3 N–H and O–H groups in total. The number of rotatable bonds is 1. The second-order valence-corrected chi connectivity index (χ2v) is 4.21. The van der Waals surface area contributed by atoms with Gasteiger partial charge in [-0.1, -0.05) is 46.7 Å². The first-order valence-electron chi connectivity index (χ1n) is 4.76. The lowest BCUT2D eigenvalue weighted by atomic mass is 10.3. The topological polar surface area (TPSA) is 45.7 Å². The van der Waals surface area contributed by atoms with Crippen molar-refractivity contribution >= 4 is 29.5 Å². The second kappa shape index (κ2) is 5.79. The molecule has 1 aromatic heterocycles. The zero-order valence-electron chi connectivity index (χ0n) is 9.08. The number of aromatic amines is 1. The molecular formula is C11H11ClIN3S. The summed E-state index contributed by atoms with van der Waals surface area (Å²) in [6, 6.07) is 9.77. The summed E-state index contributed by atoms with van der Waals surface area (Å²) in [4.78, 5) is 0. The van der Waals surface area contributed by atoms with Gasteiger partial charge in [-0.2, -0.15) is 0 Å². The highest BCUT2D eigenvalue weighted by Crippen LogP contribution is 2.20. The minimum Gasteiger partial charge on any atom is -1.00 e. The summed E-state index contributed by atoms with van der Waals surface area (Å²) in [5.74, 6) is 0. The van der Waals surface area contributed by atoms with E-state index in [4.69, 9.17) is 29.6 Å². The summed E-state index contributed by atoms with van der Waals surface area (Å²) in [6.45, 7) is 1.89. The van der Waals surface area contributed by atoms with Crippen LogP contribution in [0.15, 0.2) is 30.3 Å². The highest BCUT2D eigenvalue weighted by molar-refractivity contribution is 7.71. The largest absolute Gasteiger partial charge is 1.00 e. The van der Waals surface area contributed by atoms with Gasteiger partial charge >= 0.3 is 0 Å². The standard InChI is InChI=1S/C11H10ClN3S.HI/c1-7-9(12)10(13)11(16)14-15(7)8-5-3-2-4-6-8;/h2-6,13H,1H3,(H,14,16);1H. The molecule has 3 nitrogen and oxygen atoms in total. The van der Waals surface area contributed by atoms with Crippen LogP contribution in [-0.2, 0) is 0 Å². The Labute approximate surface area is 127 Å². The molecule has 1 aromatic carbocycles. The number of nitrogens with two attached hydrogens (primary N) is 1. The van der Waals surface area contributed by atoms with Crippen LogP contribution >= 0.6 is 23.8 Å². The summed E-state index contributed by atoms with van der Waals surface area (Å²) in [5.41, 5.74) is 7.96. The van der Waals surface area contributed by atoms with E-state index >= 15 is 0 Å². The molecule has 0 amide bonds. The van der Waals surface area contributed by atoms with Crippen molar-refractivity contribution in [1.29, 1.82) is 0 Å². The van der Waals surface area contributed by atoms with Crippen LogP contribution in [0.5, 0.6) is 0 Å². The number of nitrogens with zero attached hydrogens (tertiary/aromatic N) is 1. The van der Waals surface area contributed by atoms with Crippen molar-refractivity contribution in [2.24, 2.45) is 0 Å². The average molecular weight is 380 g/mol. The van der Waals surface area contributed by atoms with E-state index in [0.29, 0.717) is 15.4 Å². The van der Waals surface area contributed by atoms with E-state index in [1.165, 1.54) is 0 Å². The summed E-state index contributed by atoms with van der Waals surface area (Å²) >= 11 is 11.2. The Hall–Kier alpha value is -0.660. The van der Waals surface area contributed by atoms with Gasteiger partial charge in [-0.05, 0) is 0 Å². The molecule has 17 heavy (non-hydrogen) atoms. The van der Waals surface area contributed by atoms with Crippen molar-refractivity contribution in [2.75, 3.05) is 5.73 Å². The molecule has 6 heteroatoms. The zero-order chi connectivity index (χ0) is 11.7. The van der Waals surface area contributed by atoms with Crippen LogP contribution in [0.4, 0.5) is 5.69 Å². The van der Waals surface area contributed by atoms with Gasteiger partial charge < -0.3 is 29.7 Å². The van der Waals surface area contributed by atoms with Crippen molar-refractivity contribution in [2.45, 2.75) is 6.92 Å². The normalized spacial score (nSPS) is 9.76. The predicted molar refractivity (Wildman–Crippen MR) is 67.3 cm³/mol. The number of aromatic nitrogens is 2. The van der Waals surface area contributed by atoms with Crippen LogP contribution in [0.1, 0.15) is 5.69 Å². The minimum atomic E-state index is 0. The Morgan fingerprint density at radius 2 is 1.88 bits per heavy atom. The lowest BCUT2D eigenvalue weighted by molar-refractivity contribution is -0.666. The Balaban J connectivity index is 0.00000144. The Morgan fingerprint density at radius 3 is 2.47 bits per heavy atom. The fourth-order valence-electron chi connectivity index (χ4n) is 1.47. The van der Waals surface area contributed by atoms with Crippen LogP contribution in [0.2, 0.25) is 5.02 Å². The van der Waals surface area contributed by atoms with Crippen LogP contribution < -0.4 is 34.4 Å². The van der Waals surface area contributed by atoms with Gasteiger partial charge in [0.25, 0.3) is 0 Å². The number of nitrogen functional groups attached to an aromatic ring is 1. The minimum absolute atomic E-state index is 0. The van der Waals surface area contributed by atoms with Gasteiger partial charge in [0.15, 0.2) is 4.64 Å². The number of anilines is 1. The van der Waals surface area contributed by atoms with E-state index in [1.807, 2.05) is 41.9 Å². The average Bonchev–Trinajstić information content (AvgIpc) is 2.32. The van der Waals surface area contributed by atoms with Crippen LogP contribution in [0.25, 0.3) is 5.69 Å². The predicted octanol–water partition coefficient (Wildman–Crippen LogP) is -0.431. The van der Waals surface area contributed by atoms with Gasteiger partial charge in [0, 0.05) is 19.1 Å². The zero-order valence-corrected chi connectivity index (χ0v) is 12.8. The number of hydrogen-bond donors (Lipinski definition) is 2. The van der Waals surface area contributed by atoms with Crippen molar-refractivity contribution < 1.29 is 28.7 Å². The maximum Gasteiger partial charge on any atom is 0.235 e. The third-order valence-corrected chi connectivity index (χ3v) is 3.15. The van der Waals surface area contributed by atoms with Crippen molar-refractivity contribution in [3.05, 3.63) is 45.7 Å². The second-order valence-electron chi connectivity index (χ2n) is 3.42. The first-order valence-corrected chi connectivity index (χ1v) is 5.55. The van der Waals surface area contributed by atoms with Gasteiger partial charge in [0.05, 0.1) is 5.69 Å². The van der Waals surface area contributed by atoms with Crippen LogP contribution in [0.3, 0.4) is 0 Å². The van der Waals surface area contributed by atoms with E-state index in [9.17, 15) is 0 Å². The molecule has 2 aromatic rings. The molecule has 0 radical (unpaired) electrons. The molecule has 0 atom stereocenters. The van der Waals surface area contributed by atoms with Gasteiger partial charge in [0.1, 0.15) is 5.02 Å². The molecule has 1 heterocycles. The fourth-order valence-corrected chi connectivity index (χ4v) is 1.90. The molecule has 0 aliphatic rings. The number of H-pyrrole nitrogens is 1. The van der Waals surface area contributed by atoms with Crippen molar-refractivity contribution in [3.63, 3.8) is 0 Å². The first kappa shape index (κ1) is 14.4. The maximum atomic E-state index is 6.11. The Bertz CT molecular complexity index is 583. The van der Waals surface area contributed by atoms with E-state index in [1.54, 1.807) is 0 Å². The Kier molecular flexibility index (Phi) is 4.91. The monoisotopic (exact) mass is 379 g/mol. The maximum absolute atomic E-state index is 6.11. The lowest BCUT2D eigenvalue weighted by Gasteiger charge is -2.03. The number of benzene rings is 1. The Morgan fingerprint density at radius 1 is 1.29 bits per heavy atom. The summed E-state index contributed by atoms with van der Waals surface area (Å²) in [7, 11) is 0. The summed E-state index contributed by atoms with van der Waals surface area (Å²) in [6.07, 6.45) is 0. The SMILES string of the molecule is Cc1c(Cl)c(N)c(=S)[nH][n+]1-c1ccccc1.[I-]. The van der Waals surface area contributed by atoms with E-state index in [0.717, 1.165) is 11.4 Å². The lowest BCUT2D eigenvalue weighted by Crippen LogP contribution is -3.00. The van der Waals surface area contributed by atoms with Gasteiger partial charge in [0.2, 0.25) is 11.4 Å². The van der Waals surface area contributed by atoms with Crippen LogP contribution in [0, 0.1) is 11.6 Å². The molecular weight excluding hydrogens is 369 g/mol. The third-order valence-electron chi connectivity index (χ3n) is 2.36. The third kappa shape index (κ3) is 2.78. The highest BCUT2D eigenvalue weighted by Gasteiger charge is 2.17. The molecule has 0 saturated heterocycles. The molecule has 90 valence electrons. The first-order chi connectivity index (χ1) is 7.61. The summed E-state index contributed by atoms with van der Waals surface area (Å²) < 4.78 is 2.26. The number of halogens is 2. The molecule has 0 bridgehead atoms. The van der Waals surface area contributed by atoms with Gasteiger partial charge in [-0.3, -0.25) is 0 Å². The van der Waals surface area contributed by atoms with Gasteiger partial charge in [-0.15, -0.1) is 5.10 Å². The number of hydrogen-bond acceptors (Lipinski definition) is 2. The van der Waals surface area contributed by atoms with E-state index in [2.05, 4.69) is 5.10 Å². The quantitative estimate of drug-likeness (QED) is 0.401. The molecule has 0 fully saturated rings. The van der Waals surface area contributed by atoms with E-state index < -0.39 is 0 Å². The van der Waals surface area contributed by atoms with E-state index in [-0.39, 0.29) is 24.0 Å². The number of nitrogens with one attached hydrogen (secondary N) is 1. The smallest absolute Gasteiger partial charge is 0.235 e. The van der Waals surface area contributed by atoms with Crippen LogP contribution in [-0.4, -0.2) is 5.10 Å². The molecule has 2 rings (SSSR count). The molecule has 0 aliphatic heterocycles.